The van der Waals surface area contributed by atoms with Crippen LogP contribution in [-0.4, -0.2) is 13.1 Å². The van der Waals surface area contributed by atoms with Crippen LogP contribution in [0.2, 0.25) is 0 Å². The third-order valence-corrected chi connectivity index (χ3v) is 7.03. The van der Waals surface area contributed by atoms with Gasteiger partial charge in [0.2, 0.25) is 0 Å². The zero-order valence-electron chi connectivity index (χ0n) is 11.3. The largest absolute Gasteiger partial charge is 0.317 e. The van der Waals surface area contributed by atoms with Gasteiger partial charge in [-0.1, -0.05) is 6.92 Å². The summed E-state index contributed by atoms with van der Waals surface area (Å²) in [6.45, 7) is 5.19. The van der Waals surface area contributed by atoms with Gasteiger partial charge < -0.3 is 5.32 Å². The maximum Gasteiger partial charge on any atom is -0.00435 e. The molecule has 17 heavy (non-hydrogen) atoms. The summed E-state index contributed by atoms with van der Waals surface area (Å²) in [6.07, 6.45) is 12.4. The van der Waals surface area contributed by atoms with E-state index in [4.69, 9.17) is 0 Å². The van der Waals surface area contributed by atoms with Gasteiger partial charge in [0, 0.05) is 0 Å². The van der Waals surface area contributed by atoms with Crippen molar-refractivity contribution in [2.45, 2.75) is 58.3 Å². The normalized spacial score (nSPS) is 51.7. The second kappa shape index (κ2) is 3.50. The van der Waals surface area contributed by atoms with Crippen molar-refractivity contribution in [2.24, 2.45) is 28.6 Å². The predicted octanol–water partition coefficient (Wildman–Crippen LogP) is 3.59. The molecule has 1 heteroatoms. The summed E-state index contributed by atoms with van der Waals surface area (Å²) >= 11 is 0. The zero-order valence-corrected chi connectivity index (χ0v) is 11.3. The van der Waals surface area contributed by atoms with Crippen molar-refractivity contribution in [3.8, 4) is 0 Å². The molecule has 4 aliphatic carbocycles. The lowest BCUT2D eigenvalue weighted by Crippen LogP contribution is -2.56. The molecule has 4 bridgehead atoms. The Kier molecular flexibility index (Phi) is 2.23. The van der Waals surface area contributed by atoms with E-state index >= 15 is 0 Å². The molecule has 1 N–H and O–H groups in total. The molecule has 0 aromatic heterocycles. The molecule has 1 heterocycles. The zero-order chi connectivity index (χ0) is 11.5. The minimum Gasteiger partial charge on any atom is -0.317 e. The third kappa shape index (κ3) is 1.47. The Hall–Kier alpha value is -0.0400. The van der Waals surface area contributed by atoms with Crippen LogP contribution in [0.1, 0.15) is 58.3 Å². The Morgan fingerprint density at radius 3 is 1.76 bits per heavy atom. The van der Waals surface area contributed by atoms with Gasteiger partial charge in [0.05, 0.1) is 0 Å². The number of rotatable bonds is 1. The topological polar surface area (TPSA) is 12.0 Å². The Labute approximate surface area is 106 Å². The van der Waals surface area contributed by atoms with Crippen molar-refractivity contribution in [1.29, 1.82) is 0 Å². The van der Waals surface area contributed by atoms with Crippen LogP contribution in [-0.2, 0) is 0 Å². The van der Waals surface area contributed by atoms with E-state index in [2.05, 4.69) is 12.2 Å². The first kappa shape index (κ1) is 10.8. The molecule has 0 aromatic rings. The molecule has 5 aliphatic rings. The van der Waals surface area contributed by atoms with Crippen LogP contribution in [0.3, 0.4) is 0 Å². The summed E-state index contributed by atoms with van der Waals surface area (Å²) in [7, 11) is 0. The summed E-state index contributed by atoms with van der Waals surface area (Å²) < 4.78 is 0. The Morgan fingerprint density at radius 1 is 0.824 bits per heavy atom. The lowest BCUT2D eigenvalue weighted by atomic mass is 9.41. The Balaban J connectivity index is 1.67. The molecule has 0 spiro atoms. The lowest BCUT2D eigenvalue weighted by molar-refractivity contribution is -0.135. The van der Waals surface area contributed by atoms with E-state index < -0.39 is 0 Å². The highest BCUT2D eigenvalue weighted by molar-refractivity contribution is 5.08. The molecular formula is C16H27N. The van der Waals surface area contributed by atoms with E-state index in [9.17, 15) is 0 Å². The number of piperidine rings is 1. The minimum atomic E-state index is 0.675. The van der Waals surface area contributed by atoms with Gasteiger partial charge in [-0.15, -0.1) is 0 Å². The fourth-order valence-electron chi connectivity index (χ4n) is 6.36. The van der Waals surface area contributed by atoms with Crippen LogP contribution in [0, 0.1) is 28.6 Å². The fourth-order valence-corrected chi connectivity index (χ4v) is 6.36. The van der Waals surface area contributed by atoms with Gasteiger partial charge in [-0.2, -0.15) is 0 Å². The summed E-state index contributed by atoms with van der Waals surface area (Å²) in [5.41, 5.74) is 1.44. The van der Waals surface area contributed by atoms with Gasteiger partial charge >= 0.3 is 0 Å². The van der Waals surface area contributed by atoms with Crippen LogP contribution in [0.4, 0.5) is 0 Å². The standard InChI is InChI=1S/C16H27N/c1-15(2-4-17-5-3-15)16-9-12-6-13(10-16)8-14(7-12)11-16/h12-14,17H,2-11H2,1H3. The smallest absolute Gasteiger partial charge is 0.00435 e. The van der Waals surface area contributed by atoms with Crippen molar-refractivity contribution < 1.29 is 0 Å². The predicted molar refractivity (Wildman–Crippen MR) is 70.8 cm³/mol. The van der Waals surface area contributed by atoms with E-state index in [-0.39, 0.29) is 0 Å². The molecule has 1 aliphatic heterocycles. The summed E-state index contributed by atoms with van der Waals surface area (Å²) in [4.78, 5) is 0. The average molecular weight is 233 g/mol. The monoisotopic (exact) mass is 233 g/mol. The fraction of sp³-hybridized carbons (Fsp3) is 1.00. The van der Waals surface area contributed by atoms with Crippen molar-refractivity contribution in [3.05, 3.63) is 0 Å². The van der Waals surface area contributed by atoms with Crippen LogP contribution >= 0.6 is 0 Å². The second-order valence-electron chi connectivity index (χ2n) is 8.01. The molecule has 5 rings (SSSR count). The van der Waals surface area contributed by atoms with E-state index in [1.165, 1.54) is 25.9 Å². The highest BCUT2D eigenvalue weighted by Crippen LogP contribution is 2.67. The van der Waals surface area contributed by atoms with E-state index in [0.29, 0.717) is 5.41 Å². The van der Waals surface area contributed by atoms with Crippen LogP contribution < -0.4 is 5.32 Å². The molecule has 0 amide bonds. The van der Waals surface area contributed by atoms with Gasteiger partial charge in [0.25, 0.3) is 0 Å². The summed E-state index contributed by atoms with van der Waals surface area (Å²) in [5, 5.41) is 3.57. The molecule has 1 saturated heterocycles. The lowest BCUT2D eigenvalue weighted by Gasteiger charge is -2.64. The highest BCUT2D eigenvalue weighted by Gasteiger charge is 2.58. The van der Waals surface area contributed by atoms with Gasteiger partial charge in [-0.3, -0.25) is 0 Å². The van der Waals surface area contributed by atoms with Crippen molar-refractivity contribution >= 4 is 0 Å². The number of nitrogens with one attached hydrogen (secondary N) is 1. The van der Waals surface area contributed by atoms with Gasteiger partial charge in [0.1, 0.15) is 0 Å². The maximum absolute atomic E-state index is 3.57. The van der Waals surface area contributed by atoms with Crippen LogP contribution in [0.15, 0.2) is 0 Å². The number of hydrogen-bond donors (Lipinski definition) is 1. The van der Waals surface area contributed by atoms with Crippen LogP contribution in [0.25, 0.3) is 0 Å². The molecule has 0 radical (unpaired) electrons. The second-order valence-corrected chi connectivity index (χ2v) is 8.01. The van der Waals surface area contributed by atoms with Crippen molar-refractivity contribution in [1.82, 2.24) is 5.32 Å². The highest BCUT2D eigenvalue weighted by atomic mass is 14.9. The summed E-state index contributed by atoms with van der Waals surface area (Å²) in [5.74, 6) is 3.36. The van der Waals surface area contributed by atoms with E-state index in [1.807, 2.05) is 0 Å². The number of hydrogen-bond acceptors (Lipinski definition) is 1. The first-order chi connectivity index (χ1) is 8.19. The van der Waals surface area contributed by atoms with E-state index in [1.54, 1.807) is 38.5 Å². The van der Waals surface area contributed by atoms with Gasteiger partial charge in [-0.25, -0.2) is 0 Å². The van der Waals surface area contributed by atoms with Crippen LogP contribution in [0.5, 0.6) is 0 Å². The van der Waals surface area contributed by atoms with Gasteiger partial charge in [-0.05, 0) is 93.0 Å². The van der Waals surface area contributed by atoms with E-state index in [0.717, 1.165) is 23.2 Å². The molecule has 0 unspecified atom stereocenters. The summed E-state index contributed by atoms with van der Waals surface area (Å²) in [6, 6.07) is 0. The minimum absolute atomic E-state index is 0.675. The molecule has 4 saturated carbocycles. The quantitative estimate of drug-likeness (QED) is 0.730. The Morgan fingerprint density at radius 2 is 1.29 bits per heavy atom. The van der Waals surface area contributed by atoms with Gasteiger partial charge in [0.15, 0.2) is 0 Å². The molecule has 0 aromatic carbocycles. The first-order valence-electron chi connectivity index (χ1n) is 7.90. The maximum atomic E-state index is 3.57. The third-order valence-electron chi connectivity index (χ3n) is 7.03. The molecule has 1 nitrogen and oxygen atoms in total. The Bertz CT molecular complexity index is 278. The van der Waals surface area contributed by atoms with Crippen molar-refractivity contribution in [3.63, 3.8) is 0 Å². The molecular weight excluding hydrogens is 206 g/mol. The molecule has 96 valence electrons. The first-order valence-corrected chi connectivity index (χ1v) is 7.90. The SMILES string of the molecule is CC1(C23CC4CC(CC(C4)C2)C3)CCNCC1. The van der Waals surface area contributed by atoms with Crippen molar-refractivity contribution in [2.75, 3.05) is 13.1 Å². The average Bonchev–Trinajstić information content (AvgIpc) is 2.28. The molecule has 5 fully saturated rings. The molecule has 0 atom stereocenters.